The van der Waals surface area contributed by atoms with Crippen molar-refractivity contribution in [2.45, 2.75) is 6.61 Å². The summed E-state index contributed by atoms with van der Waals surface area (Å²) in [6, 6.07) is 15.3. The van der Waals surface area contributed by atoms with E-state index in [1.165, 1.54) is 17.5 Å². The number of imidazole rings is 1. The molecule has 4 aromatic rings. The molecule has 7 heteroatoms. The van der Waals surface area contributed by atoms with Gasteiger partial charge < -0.3 is 9.84 Å². The third kappa shape index (κ3) is 3.16. The monoisotopic (exact) mass is 384 g/mol. The van der Waals surface area contributed by atoms with Gasteiger partial charge in [-0.25, -0.2) is 9.78 Å². The van der Waals surface area contributed by atoms with Gasteiger partial charge in [0.2, 0.25) is 0 Å². The van der Waals surface area contributed by atoms with Gasteiger partial charge in [-0.3, -0.25) is 4.40 Å². The first-order valence-corrected chi connectivity index (χ1v) is 9.04. The molecule has 0 aliphatic carbocycles. The molecule has 130 valence electrons. The first kappa shape index (κ1) is 16.6. The minimum atomic E-state index is -1.06. The highest BCUT2D eigenvalue weighted by atomic mass is 35.5. The zero-order valence-electron chi connectivity index (χ0n) is 13.4. The summed E-state index contributed by atoms with van der Waals surface area (Å²) in [4.78, 5) is 15.9. The summed E-state index contributed by atoms with van der Waals surface area (Å²) in [5.41, 5.74) is 2.64. The largest absolute Gasteiger partial charge is 0.488 e. The lowest BCUT2D eigenvalue weighted by molar-refractivity contribution is 0.0691. The Morgan fingerprint density at radius 1 is 1.23 bits per heavy atom. The number of hydrogen-bond acceptors (Lipinski definition) is 4. The Kier molecular flexibility index (Phi) is 4.36. The number of fused-ring (bicyclic) bond motifs is 1. The second kappa shape index (κ2) is 6.82. The molecule has 26 heavy (non-hydrogen) atoms. The van der Waals surface area contributed by atoms with Crippen molar-refractivity contribution in [2.24, 2.45) is 0 Å². The summed E-state index contributed by atoms with van der Waals surface area (Å²) >= 11 is 7.55. The Hall–Kier alpha value is -2.83. The molecule has 0 unspecified atom stereocenters. The highest BCUT2D eigenvalue weighted by Gasteiger charge is 2.17. The fourth-order valence-electron chi connectivity index (χ4n) is 2.64. The molecule has 2 heterocycles. The summed E-state index contributed by atoms with van der Waals surface area (Å²) in [7, 11) is 0. The van der Waals surface area contributed by atoms with Gasteiger partial charge in [0.25, 0.3) is 0 Å². The van der Waals surface area contributed by atoms with E-state index in [4.69, 9.17) is 21.4 Å². The molecule has 0 aliphatic rings. The maximum atomic E-state index is 11.2. The van der Waals surface area contributed by atoms with Gasteiger partial charge in [0, 0.05) is 22.2 Å². The number of aromatic nitrogens is 2. The fourth-order valence-corrected chi connectivity index (χ4v) is 3.69. The molecule has 0 radical (unpaired) electrons. The number of nitrogens with zero attached hydrogens (tertiary/aromatic N) is 2. The number of carboxylic acids is 1. The molecule has 0 atom stereocenters. The first-order chi connectivity index (χ1) is 12.6. The molecule has 0 aliphatic heterocycles. The van der Waals surface area contributed by atoms with E-state index in [9.17, 15) is 4.79 Å². The van der Waals surface area contributed by atoms with Gasteiger partial charge in [-0.1, -0.05) is 41.9 Å². The molecule has 0 saturated heterocycles. The average Bonchev–Trinajstić information content (AvgIpc) is 3.22. The number of ether oxygens (including phenoxy) is 1. The fraction of sp³-hybridized carbons (Fsp3) is 0.0526. The van der Waals surface area contributed by atoms with E-state index in [0.29, 0.717) is 22.3 Å². The Balaban J connectivity index is 1.74. The standard InChI is InChI=1S/C19H13ClN2O3S/c20-13-6-7-17(25-10-12-4-2-1-3-5-12)14(8-13)16-11-26-19-21-15(18(23)24)9-22(16)19/h1-9,11H,10H2,(H,23,24). The van der Waals surface area contributed by atoms with Crippen molar-refractivity contribution in [3.05, 3.63) is 76.4 Å². The van der Waals surface area contributed by atoms with Crippen LogP contribution >= 0.6 is 22.9 Å². The Morgan fingerprint density at radius 2 is 2.04 bits per heavy atom. The van der Waals surface area contributed by atoms with Crippen LogP contribution in [0.1, 0.15) is 16.1 Å². The molecular weight excluding hydrogens is 372 g/mol. The normalized spacial score (nSPS) is 11.0. The van der Waals surface area contributed by atoms with Gasteiger partial charge in [0.15, 0.2) is 10.7 Å². The molecular formula is C19H13ClN2O3S. The van der Waals surface area contributed by atoms with Crippen molar-refractivity contribution in [1.29, 1.82) is 0 Å². The maximum Gasteiger partial charge on any atom is 0.356 e. The molecule has 1 N–H and O–H groups in total. The lowest BCUT2D eigenvalue weighted by Crippen LogP contribution is -1.98. The topological polar surface area (TPSA) is 63.8 Å². The quantitative estimate of drug-likeness (QED) is 0.526. The number of carboxylic acid groups (broad SMARTS) is 1. The van der Waals surface area contributed by atoms with E-state index in [0.717, 1.165) is 16.8 Å². The highest BCUT2D eigenvalue weighted by molar-refractivity contribution is 7.15. The smallest absolute Gasteiger partial charge is 0.356 e. The molecule has 5 nitrogen and oxygen atoms in total. The lowest BCUT2D eigenvalue weighted by Gasteiger charge is -2.12. The van der Waals surface area contributed by atoms with Crippen molar-refractivity contribution in [2.75, 3.05) is 0 Å². The summed E-state index contributed by atoms with van der Waals surface area (Å²) < 4.78 is 7.75. The number of thiazole rings is 1. The predicted molar refractivity (Wildman–Crippen MR) is 101 cm³/mol. The van der Waals surface area contributed by atoms with Crippen LogP contribution in [0.5, 0.6) is 5.75 Å². The molecule has 2 aromatic carbocycles. The third-order valence-electron chi connectivity index (χ3n) is 3.88. The van der Waals surface area contributed by atoms with E-state index >= 15 is 0 Å². The van der Waals surface area contributed by atoms with Crippen LogP contribution in [0.3, 0.4) is 0 Å². The summed E-state index contributed by atoms with van der Waals surface area (Å²) in [6.07, 6.45) is 1.51. The number of halogens is 1. The van der Waals surface area contributed by atoms with Gasteiger partial charge >= 0.3 is 5.97 Å². The van der Waals surface area contributed by atoms with Crippen LogP contribution in [0.2, 0.25) is 5.02 Å². The minimum absolute atomic E-state index is 0.00637. The van der Waals surface area contributed by atoms with Crippen LogP contribution in [0.15, 0.2) is 60.1 Å². The SMILES string of the molecule is O=C(O)c1cn2c(-c3cc(Cl)ccc3OCc3ccccc3)csc2n1. The summed E-state index contributed by atoms with van der Waals surface area (Å²) in [5, 5.41) is 11.6. The molecule has 0 saturated carbocycles. The molecule has 0 fully saturated rings. The Morgan fingerprint density at radius 3 is 2.81 bits per heavy atom. The molecule has 0 amide bonds. The minimum Gasteiger partial charge on any atom is -0.488 e. The van der Waals surface area contributed by atoms with Gasteiger partial charge in [0.1, 0.15) is 12.4 Å². The van der Waals surface area contributed by atoms with E-state index in [1.54, 1.807) is 10.5 Å². The van der Waals surface area contributed by atoms with E-state index in [1.807, 2.05) is 47.8 Å². The molecule has 4 rings (SSSR count). The van der Waals surface area contributed by atoms with Crippen molar-refractivity contribution in [3.63, 3.8) is 0 Å². The van der Waals surface area contributed by atoms with Crippen LogP contribution < -0.4 is 4.74 Å². The second-order valence-electron chi connectivity index (χ2n) is 5.62. The van der Waals surface area contributed by atoms with Crippen LogP contribution in [-0.4, -0.2) is 20.5 Å². The number of benzene rings is 2. The van der Waals surface area contributed by atoms with Crippen molar-refractivity contribution in [1.82, 2.24) is 9.38 Å². The zero-order valence-corrected chi connectivity index (χ0v) is 15.0. The van der Waals surface area contributed by atoms with Crippen molar-refractivity contribution in [3.8, 4) is 17.0 Å². The molecule has 2 aromatic heterocycles. The maximum absolute atomic E-state index is 11.2. The van der Waals surface area contributed by atoms with Crippen LogP contribution in [-0.2, 0) is 6.61 Å². The predicted octanol–water partition coefficient (Wildman–Crippen LogP) is 4.99. The molecule has 0 spiro atoms. The number of hydrogen-bond donors (Lipinski definition) is 1. The Labute approximate surface area is 158 Å². The molecule has 0 bridgehead atoms. The van der Waals surface area contributed by atoms with Crippen LogP contribution in [0.25, 0.3) is 16.2 Å². The van der Waals surface area contributed by atoms with E-state index in [2.05, 4.69) is 4.98 Å². The van der Waals surface area contributed by atoms with E-state index < -0.39 is 5.97 Å². The first-order valence-electron chi connectivity index (χ1n) is 7.78. The van der Waals surface area contributed by atoms with Gasteiger partial charge in [0.05, 0.1) is 5.69 Å². The summed E-state index contributed by atoms with van der Waals surface area (Å²) in [5.74, 6) is -0.387. The highest BCUT2D eigenvalue weighted by Crippen LogP contribution is 2.35. The number of aromatic carboxylic acids is 1. The van der Waals surface area contributed by atoms with Crippen molar-refractivity contribution >= 4 is 33.9 Å². The van der Waals surface area contributed by atoms with Crippen molar-refractivity contribution < 1.29 is 14.6 Å². The number of rotatable bonds is 5. The van der Waals surface area contributed by atoms with Crippen LogP contribution in [0.4, 0.5) is 0 Å². The zero-order chi connectivity index (χ0) is 18.1. The van der Waals surface area contributed by atoms with Gasteiger partial charge in [-0.15, -0.1) is 11.3 Å². The Bertz CT molecular complexity index is 1090. The van der Waals surface area contributed by atoms with Gasteiger partial charge in [-0.05, 0) is 23.8 Å². The summed E-state index contributed by atoms with van der Waals surface area (Å²) in [6.45, 7) is 0.424. The lowest BCUT2D eigenvalue weighted by atomic mass is 10.1. The van der Waals surface area contributed by atoms with Crippen LogP contribution in [0, 0.1) is 0 Å². The van der Waals surface area contributed by atoms with Gasteiger partial charge in [-0.2, -0.15) is 0 Å². The third-order valence-corrected chi connectivity index (χ3v) is 4.96. The second-order valence-corrected chi connectivity index (χ2v) is 6.89. The van der Waals surface area contributed by atoms with E-state index in [-0.39, 0.29) is 5.69 Å². The number of carbonyl (C=O) groups is 1. The average molecular weight is 385 g/mol.